The molecule has 0 saturated heterocycles. The average Bonchev–Trinajstić information content (AvgIpc) is 2.94. The largest absolute Gasteiger partial charge is 0.500 e. The van der Waals surface area contributed by atoms with Gasteiger partial charge in [-0.15, -0.1) is 12.4 Å². The second-order valence-corrected chi connectivity index (χ2v) is 16.6. The van der Waals surface area contributed by atoms with Crippen LogP contribution in [0, 0.1) is 5.41 Å². The molecule has 0 amide bonds. The molecule has 1 aromatic rings. The molecule has 40 heavy (non-hydrogen) atoms. The second kappa shape index (κ2) is 25.3. The molecule has 6 nitrogen and oxygen atoms in total. The van der Waals surface area contributed by atoms with E-state index in [0.717, 1.165) is 46.4 Å². The number of hydrogen-bond donors (Lipinski definition) is 0. The minimum absolute atomic E-state index is 0. The molecule has 0 aliphatic rings. The highest BCUT2D eigenvalue weighted by Crippen LogP contribution is 2.23. The summed E-state index contributed by atoms with van der Waals surface area (Å²) in [4.78, 5) is 11.4. The minimum Gasteiger partial charge on any atom is -0.464 e. The summed E-state index contributed by atoms with van der Waals surface area (Å²) in [5.41, 5.74) is 1.09. The smallest absolute Gasteiger partial charge is 0.464 e. The SMILES string of the molecule is CCSCCOC(=O)C(C)(C)CC.CC[N+](C)(C)C.CO[Si](CCCSCC(C)c1ccccc1)(OC)OC.Cl. The summed E-state index contributed by atoms with van der Waals surface area (Å²) in [7, 11) is 9.18. The fraction of sp³-hybridized carbons (Fsp3) is 0.767. The summed E-state index contributed by atoms with van der Waals surface area (Å²) < 4.78 is 22.5. The van der Waals surface area contributed by atoms with Gasteiger partial charge in [-0.05, 0) is 62.4 Å². The van der Waals surface area contributed by atoms with Gasteiger partial charge in [-0.1, -0.05) is 51.1 Å². The summed E-state index contributed by atoms with van der Waals surface area (Å²) in [5.74, 6) is 4.76. The lowest BCUT2D eigenvalue weighted by molar-refractivity contribution is -0.868. The Hall–Kier alpha value is -0.263. The highest BCUT2D eigenvalue weighted by molar-refractivity contribution is 7.99. The molecule has 0 bridgehead atoms. The summed E-state index contributed by atoms with van der Waals surface area (Å²) >= 11 is 3.77. The number of esters is 1. The number of halogens is 1. The third-order valence-corrected chi connectivity index (χ3v) is 11.5. The highest BCUT2D eigenvalue weighted by Gasteiger charge is 2.36. The summed E-state index contributed by atoms with van der Waals surface area (Å²) in [6.45, 7) is 14.1. The van der Waals surface area contributed by atoms with Gasteiger partial charge in [-0.25, -0.2) is 0 Å². The van der Waals surface area contributed by atoms with Crippen LogP contribution >= 0.6 is 35.9 Å². The van der Waals surface area contributed by atoms with E-state index in [-0.39, 0.29) is 23.8 Å². The van der Waals surface area contributed by atoms with Crippen LogP contribution in [-0.2, 0) is 22.8 Å². The van der Waals surface area contributed by atoms with E-state index in [4.69, 9.17) is 18.0 Å². The van der Waals surface area contributed by atoms with Crippen LogP contribution in [0.3, 0.4) is 0 Å². The lowest BCUT2D eigenvalue weighted by atomic mass is 9.91. The first-order valence-corrected chi connectivity index (χ1v) is 18.4. The van der Waals surface area contributed by atoms with Gasteiger partial charge in [0.2, 0.25) is 0 Å². The van der Waals surface area contributed by atoms with Crippen molar-refractivity contribution in [1.82, 2.24) is 0 Å². The molecule has 1 aromatic carbocycles. The predicted octanol–water partition coefficient (Wildman–Crippen LogP) is 7.64. The monoisotopic (exact) mass is 642 g/mol. The van der Waals surface area contributed by atoms with Crippen molar-refractivity contribution in [3.8, 4) is 0 Å². The zero-order valence-electron chi connectivity index (χ0n) is 27.5. The topological polar surface area (TPSA) is 54.0 Å². The molecule has 1 atom stereocenters. The van der Waals surface area contributed by atoms with Crippen molar-refractivity contribution in [3.05, 3.63) is 35.9 Å². The van der Waals surface area contributed by atoms with E-state index in [9.17, 15) is 4.79 Å². The van der Waals surface area contributed by atoms with Crippen LogP contribution < -0.4 is 0 Å². The van der Waals surface area contributed by atoms with E-state index in [2.05, 4.69) is 72.2 Å². The molecule has 0 saturated carbocycles. The molecule has 0 aromatic heterocycles. The second-order valence-electron chi connectivity index (χ2n) is 11.0. The van der Waals surface area contributed by atoms with Gasteiger partial charge in [0.1, 0.15) is 6.61 Å². The maximum absolute atomic E-state index is 11.4. The number of hydrogen-bond acceptors (Lipinski definition) is 7. The quantitative estimate of drug-likeness (QED) is 0.0749. The lowest BCUT2D eigenvalue weighted by Crippen LogP contribution is -2.42. The molecule has 10 heteroatoms. The van der Waals surface area contributed by atoms with E-state index in [1.807, 2.05) is 32.5 Å². The molecule has 0 heterocycles. The molecule has 0 aliphatic heterocycles. The van der Waals surface area contributed by atoms with Gasteiger partial charge in [0.05, 0.1) is 33.1 Å². The normalized spacial score (nSPS) is 12.2. The van der Waals surface area contributed by atoms with Crippen molar-refractivity contribution in [2.75, 3.05) is 78.6 Å². The Morgan fingerprint density at radius 3 is 1.90 bits per heavy atom. The average molecular weight is 643 g/mol. The van der Waals surface area contributed by atoms with Crippen LogP contribution in [0.4, 0.5) is 0 Å². The van der Waals surface area contributed by atoms with Gasteiger partial charge in [-0.3, -0.25) is 4.79 Å². The maximum Gasteiger partial charge on any atom is 0.500 e. The minimum atomic E-state index is -2.37. The first-order chi connectivity index (χ1) is 18.3. The van der Waals surface area contributed by atoms with Gasteiger partial charge in [0.15, 0.2) is 0 Å². The Labute approximate surface area is 263 Å². The van der Waals surface area contributed by atoms with Crippen molar-refractivity contribution in [1.29, 1.82) is 0 Å². The maximum atomic E-state index is 11.4. The van der Waals surface area contributed by atoms with Crippen molar-refractivity contribution in [2.45, 2.75) is 66.3 Å². The van der Waals surface area contributed by atoms with Crippen molar-refractivity contribution < 1.29 is 27.3 Å². The van der Waals surface area contributed by atoms with Crippen molar-refractivity contribution in [2.24, 2.45) is 5.41 Å². The molecular formula is C30H61ClNO5S2Si+. The number of carbonyl (C=O) groups excluding carboxylic acids is 1. The number of thioether (sulfide) groups is 2. The van der Waals surface area contributed by atoms with Crippen LogP contribution in [0.15, 0.2) is 30.3 Å². The van der Waals surface area contributed by atoms with E-state index >= 15 is 0 Å². The van der Waals surface area contributed by atoms with E-state index in [1.54, 1.807) is 33.1 Å². The molecule has 0 N–H and O–H groups in total. The van der Waals surface area contributed by atoms with Crippen LogP contribution in [0.2, 0.25) is 6.04 Å². The van der Waals surface area contributed by atoms with E-state index in [0.29, 0.717) is 12.5 Å². The summed E-state index contributed by atoms with van der Waals surface area (Å²) in [6.07, 6.45) is 1.89. The lowest BCUT2D eigenvalue weighted by Gasteiger charge is -2.24. The number of nitrogens with zero attached hydrogens (tertiary/aromatic N) is 1. The fourth-order valence-corrected chi connectivity index (χ4v) is 6.29. The first-order valence-electron chi connectivity index (χ1n) is 14.1. The van der Waals surface area contributed by atoms with E-state index < -0.39 is 8.80 Å². The number of carbonyl (C=O) groups is 1. The van der Waals surface area contributed by atoms with Crippen LogP contribution in [-0.4, -0.2) is 97.9 Å². The van der Waals surface area contributed by atoms with Gasteiger partial charge in [0.25, 0.3) is 0 Å². The standard InChI is InChI=1S/C15H26O3SSi.C10H20O2S.C5H14N.ClH/c1-14(15-9-6-5-7-10-15)13-19-11-8-12-20(16-2,17-3)18-4;1-5-10(3,4)9(11)12-7-8-13-6-2;1-5-6(2,3)4;/h5-7,9-10,14H,8,11-13H2,1-4H3;5-8H2,1-4H3;5H2,1-4H3;1H/q;;+1;. The Morgan fingerprint density at radius 1 is 0.950 bits per heavy atom. The van der Waals surface area contributed by atoms with Gasteiger partial charge in [-0.2, -0.15) is 23.5 Å². The van der Waals surface area contributed by atoms with E-state index in [1.165, 1.54) is 12.1 Å². The Morgan fingerprint density at radius 2 is 1.48 bits per heavy atom. The highest BCUT2D eigenvalue weighted by atomic mass is 35.5. The number of quaternary nitrogens is 1. The molecule has 0 fully saturated rings. The van der Waals surface area contributed by atoms with Gasteiger partial charge in [0, 0.05) is 33.1 Å². The van der Waals surface area contributed by atoms with Crippen LogP contribution in [0.5, 0.6) is 0 Å². The van der Waals surface area contributed by atoms with Crippen LogP contribution in [0.25, 0.3) is 0 Å². The molecule has 0 radical (unpaired) electrons. The summed E-state index contributed by atoms with van der Waals surface area (Å²) in [5, 5.41) is 0. The number of ether oxygens (including phenoxy) is 1. The molecule has 238 valence electrons. The zero-order valence-corrected chi connectivity index (χ0v) is 31.0. The Balaban J connectivity index is -0.000000589. The molecule has 0 aliphatic carbocycles. The van der Waals surface area contributed by atoms with Crippen LogP contribution in [0.1, 0.15) is 65.9 Å². The predicted molar refractivity (Wildman–Crippen MR) is 182 cm³/mol. The third-order valence-electron chi connectivity index (χ3n) is 6.49. The third kappa shape index (κ3) is 22.3. The molecule has 1 unspecified atom stereocenters. The number of rotatable bonds is 17. The van der Waals surface area contributed by atoms with Crippen molar-refractivity contribution in [3.63, 3.8) is 0 Å². The first kappa shape index (κ1) is 44.2. The Bertz CT molecular complexity index is 712. The molecule has 1 rings (SSSR count). The van der Waals surface area contributed by atoms with Gasteiger partial charge < -0.3 is 22.5 Å². The zero-order chi connectivity index (χ0) is 30.4. The Kier molecular flexibility index (Phi) is 27.9. The summed E-state index contributed by atoms with van der Waals surface area (Å²) in [6, 6.07) is 11.5. The molecule has 0 spiro atoms. The van der Waals surface area contributed by atoms with Gasteiger partial charge >= 0.3 is 14.8 Å². The number of benzene rings is 1. The van der Waals surface area contributed by atoms with Crippen molar-refractivity contribution >= 4 is 50.7 Å². The fourth-order valence-electron chi connectivity index (χ4n) is 2.76. The molecular weight excluding hydrogens is 582 g/mol.